The standard InChI is InChI=1S/C11H13N.ClH/c1-3-7-12-9-11-6-4-5-10(2)8-11;/h1,4-6,8,12H,7,9H2,2H3;1H. The van der Waals surface area contributed by atoms with Crippen LogP contribution < -0.4 is 5.32 Å². The predicted octanol–water partition coefficient (Wildman–Crippen LogP) is 2.14. The Kier molecular flexibility index (Phi) is 6.05. The lowest BCUT2D eigenvalue weighted by molar-refractivity contribution is 0.770. The lowest BCUT2D eigenvalue weighted by Gasteiger charge is -2.01. The first-order valence-corrected chi connectivity index (χ1v) is 4.02. The number of hydrogen-bond donors (Lipinski definition) is 1. The largest absolute Gasteiger partial charge is 0.302 e. The monoisotopic (exact) mass is 195 g/mol. The van der Waals surface area contributed by atoms with Crippen molar-refractivity contribution in [1.82, 2.24) is 5.32 Å². The first kappa shape index (κ1) is 12.0. The third kappa shape index (κ3) is 4.57. The molecule has 1 aromatic rings. The van der Waals surface area contributed by atoms with Crippen molar-refractivity contribution in [3.8, 4) is 12.3 Å². The topological polar surface area (TPSA) is 12.0 Å². The quantitative estimate of drug-likeness (QED) is 0.576. The van der Waals surface area contributed by atoms with E-state index in [9.17, 15) is 0 Å². The van der Waals surface area contributed by atoms with Gasteiger partial charge in [-0.05, 0) is 12.5 Å². The predicted molar refractivity (Wildman–Crippen MR) is 59.0 cm³/mol. The average Bonchev–Trinajstić information content (AvgIpc) is 2.05. The molecule has 1 rings (SSSR count). The van der Waals surface area contributed by atoms with E-state index in [1.165, 1.54) is 11.1 Å². The van der Waals surface area contributed by atoms with Gasteiger partial charge in [-0.15, -0.1) is 18.8 Å². The van der Waals surface area contributed by atoms with Crippen LogP contribution in [0.25, 0.3) is 0 Å². The second-order valence-corrected chi connectivity index (χ2v) is 2.80. The van der Waals surface area contributed by atoms with Crippen LogP contribution in [0.2, 0.25) is 0 Å². The van der Waals surface area contributed by atoms with Crippen molar-refractivity contribution in [3.63, 3.8) is 0 Å². The fourth-order valence-corrected chi connectivity index (χ4v) is 1.10. The van der Waals surface area contributed by atoms with Gasteiger partial charge in [-0.25, -0.2) is 0 Å². The van der Waals surface area contributed by atoms with Gasteiger partial charge in [-0.2, -0.15) is 0 Å². The molecule has 1 nitrogen and oxygen atoms in total. The summed E-state index contributed by atoms with van der Waals surface area (Å²) in [6, 6.07) is 8.40. The van der Waals surface area contributed by atoms with Crippen molar-refractivity contribution < 1.29 is 0 Å². The zero-order chi connectivity index (χ0) is 8.81. The first-order valence-electron chi connectivity index (χ1n) is 4.02. The molecule has 0 aliphatic heterocycles. The highest BCUT2D eigenvalue weighted by molar-refractivity contribution is 5.85. The summed E-state index contributed by atoms with van der Waals surface area (Å²) in [6.07, 6.45) is 5.11. The van der Waals surface area contributed by atoms with Crippen molar-refractivity contribution in [1.29, 1.82) is 0 Å². The van der Waals surface area contributed by atoms with Crippen LogP contribution in [0.5, 0.6) is 0 Å². The highest BCUT2D eigenvalue weighted by atomic mass is 35.5. The molecule has 0 aliphatic rings. The molecule has 0 spiro atoms. The maximum atomic E-state index is 5.11. The van der Waals surface area contributed by atoms with E-state index in [2.05, 4.69) is 42.4 Å². The smallest absolute Gasteiger partial charge is 0.0576 e. The van der Waals surface area contributed by atoms with Crippen molar-refractivity contribution in [3.05, 3.63) is 35.4 Å². The van der Waals surface area contributed by atoms with Crippen LogP contribution in [0.4, 0.5) is 0 Å². The Morgan fingerprint density at radius 3 is 2.85 bits per heavy atom. The number of rotatable bonds is 3. The molecule has 0 saturated carbocycles. The van der Waals surface area contributed by atoms with E-state index < -0.39 is 0 Å². The summed E-state index contributed by atoms with van der Waals surface area (Å²) >= 11 is 0. The lowest BCUT2D eigenvalue weighted by atomic mass is 10.1. The minimum Gasteiger partial charge on any atom is -0.302 e. The maximum absolute atomic E-state index is 5.11. The van der Waals surface area contributed by atoms with Gasteiger partial charge in [0.05, 0.1) is 6.54 Å². The minimum absolute atomic E-state index is 0. The Bertz CT molecular complexity index is 288. The number of nitrogens with one attached hydrogen (secondary N) is 1. The van der Waals surface area contributed by atoms with E-state index in [0.29, 0.717) is 6.54 Å². The van der Waals surface area contributed by atoms with E-state index >= 15 is 0 Å². The van der Waals surface area contributed by atoms with Gasteiger partial charge < -0.3 is 5.32 Å². The van der Waals surface area contributed by atoms with E-state index in [0.717, 1.165) is 6.54 Å². The highest BCUT2D eigenvalue weighted by Gasteiger charge is 1.90. The highest BCUT2D eigenvalue weighted by Crippen LogP contribution is 2.02. The zero-order valence-corrected chi connectivity index (χ0v) is 8.53. The average molecular weight is 196 g/mol. The van der Waals surface area contributed by atoms with Gasteiger partial charge in [0.25, 0.3) is 0 Å². The minimum atomic E-state index is 0. The van der Waals surface area contributed by atoms with Crippen LogP contribution >= 0.6 is 12.4 Å². The Morgan fingerprint density at radius 2 is 2.23 bits per heavy atom. The summed E-state index contributed by atoms with van der Waals surface area (Å²) in [5.74, 6) is 2.54. The van der Waals surface area contributed by atoms with Gasteiger partial charge in [0.2, 0.25) is 0 Å². The molecule has 0 saturated heterocycles. The van der Waals surface area contributed by atoms with E-state index in [1.807, 2.05) is 0 Å². The molecular weight excluding hydrogens is 182 g/mol. The van der Waals surface area contributed by atoms with Gasteiger partial charge in [-0.1, -0.05) is 35.7 Å². The number of hydrogen-bond acceptors (Lipinski definition) is 1. The van der Waals surface area contributed by atoms with Gasteiger partial charge >= 0.3 is 0 Å². The molecule has 70 valence electrons. The van der Waals surface area contributed by atoms with Crippen molar-refractivity contribution in [2.24, 2.45) is 0 Å². The number of terminal acetylenes is 1. The van der Waals surface area contributed by atoms with Crippen LogP contribution in [0, 0.1) is 19.3 Å². The summed E-state index contributed by atoms with van der Waals surface area (Å²) in [7, 11) is 0. The molecule has 0 fully saturated rings. The normalized spacial score (nSPS) is 8.62. The summed E-state index contributed by atoms with van der Waals surface area (Å²) < 4.78 is 0. The molecule has 0 radical (unpaired) electrons. The van der Waals surface area contributed by atoms with Crippen LogP contribution in [-0.2, 0) is 6.54 Å². The Morgan fingerprint density at radius 1 is 1.46 bits per heavy atom. The first-order chi connectivity index (χ1) is 5.83. The van der Waals surface area contributed by atoms with E-state index in [-0.39, 0.29) is 12.4 Å². The summed E-state index contributed by atoms with van der Waals surface area (Å²) in [5.41, 5.74) is 2.57. The third-order valence-electron chi connectivity index (χ3n) is 1.64. The third-order valence-corrected chi connectivity index (χ3v) is 1.64. The molecule has 1 N–H and O–H groups in total. The van der Waals surface area contributed by atoms with Crippen molar-refractivity contribution >= 4 is 12.4 Å². The van der Waals surface area contributed by atoms with Gasteiger partial charge in [-0.3, -0.25) is 0 Å². The molecule has 0 heterocycles. The van der Waals surface area contributed by atoms with Gasteiger partial charge in [0.15, 0.2) is 0 Å². The molecule has 0 aromatic heterocycles. The van der Waals surface area contributed by atoms with Crippen LogP contribution in [0.3, 0.4) is 0 Å². The van der Waals surface area contributed by atoms with E-state index in [1.54, 1.807) is 0 Å². The molecule has 0 amide bonds. The van der Waals surface area contributed by atoms with Crippen molar-refractivity contribution in [2.75, 3.05) is 6.54 Å². The zero-order valence-electron chi connectivity index (χ0n) is 7.71. The van der Waals surface area contributed by atoms with Gasteiger partial charge in [0.1, 0.15) is 0 Å². The Labute approximate surface area is 86.0 Å². The summed E-state index contributed by atoms with van der Waals surface area (Å²) in [5, 5.41) is 3.14. The molecular formula is C11H14ClN. The fourth-order valence-electron chi connectivity index (χ4n) is 1.10. The molecule has 0 bridgehead atoms. The van der Waals surface area contributed by atoms with Crippen molar-refractivity contribution in [2.45, 2.75) is 13.5 Å². The molecule has 0 unspecified atom stereocenters. The molecule has 1 aromatic carbocycles. The number of aryl methyl sites for hydroxylation is 1. The van der Waals surface area contributed by atoms with Crippen LogP contribution in [-0.4, -0.2) is 6.54 Å². The summed E-state index contributed by atoms with van der Waals surface area (Å²) in [4.78, 5) is 0. The Balaban J connectivity index is 0.00000144. The van der Waals surface area contributed by atoms with E-state index in [4.69, 9.17) is 6.42 Å². The van der Waals surface area contributed by atoms with Gasteiger partial charge in [0, 0.05) is 6.54 Å². The second kappa shape index (κ2) is 6.54. The molecule has 0 atom stereocenters. The van der Waals surface area contributed by atoms with Crippen LogP contribution in [0.1, 0.15) is 11.1 Å². The number of halogens is 1. The van der Waals surface area contributed by atoms with Crippen LogP contribution in [0.15, 0.2) is 24.3 Å². The summed E-state index contributed by atoms with van der Waals surface area (Å²) in [6.45, 7) is 3.57. The SMILES string of the molecule is C#CCNCc1cccc(C)c1.Cl. The Hall–Kier alpha value is -0.970. The fraction of sp³-hybridized carbons (Fsp3) is 0.273. The molecule has 13 heavy (non-hydrogen) atoms. The molecule has 2 heteroatoms. The molecule has 0 aliphatic carbocycles. The second-order valence-electron chi connectivity index (χ2n) is 2.80. The lowest BCUT2D eigenvalue weighted by Crippen LogP contribution is -2.12. The number of benzene rings is 1. The maximum Gasteiger partial charge on any atom is 0.0576 e.